The second kappa shape index (κ2) is 9.11. The van der Waals surface area contributed by atoms with Gasteiger partial charge in [-0.1, -0.05) is 0 Å². The van der Waals surface area contributed by atoms with Gasteiger partial charge in [0.05, 0.1) is 32.7 Å². The van der Waals surface area contributed by atoms with E-state index in [2.05, 4.69) is 15.8 Å². The van der Waals surface area contributed by atoms with Gasteiger partial charge in [0.15, 0.2) is 11.5 Å². The third-order valence-electron chi connectivity index (χ3n) is 3.08. The Morgan fingerprint density at radius 3 is 2.76 bits per heavy atom. The summed E-state index contributed by atoms with van der Waals surface area (Å²) in [6, 6.07) is 8.58. The van der Waals surface area contributed by atoms with E-state index in [1.807, 2.05) is 6.92 Å². The van der Waals surface area contributed by atoms with Crippen molar-refractivity contribution in [3.05, 3.63) is 47.9 Å². The predicted octanol–water partition coefficient (Wildman–Crippen LogP) is 1.45. The summed E-state index contributed by atoms with van der Waals surface area (Å²) in [7, 11) is 1.53. The van der Waals surface area contributed by atoms with Crippen LogP contribution in [0.5, 0.6) is 11.5 Å². The summed E-state index contributed by atoms with van der Waals surface area (Å²) >= 11 is 0. The Morgan fingerprint density at radius 1 is 1.24 bits per heavy atom. The molecule has 0 saturated heterocycles. The molecular weight excluding hydrogens is 326 g/mol. The van der Waals surface area contributed by atoms with Gasteiger partial charge in [-0.25, -0.2) is 5.43 Å². The molecule has 8 nitrogen and oxygen atoms in total. The summed E-state index contributed by atoms with van der Waals surface area (Å²) in [5, 5.41) is 6.17. The predicted molar refractivity (Wildman–Crippen MR) is 90.5 cm³/mol. The molecule has 132 valence electrons. The Hall–Kier alpha value is -3.29. The molecule has 0 aliphatic carbocycles. The zero-order valence-corrected chi connectivity index (χ0v) is 13.9. The maximum atomic E-state index is 11.6. The molecule has 1 aromatic heterocycles. The first-order valence-electron chi connectivity index (χ1n) is 7.58. The van der Waals surface area contributed by atoms with Gasteiger partial charge in [-0.2, -0.15) is 5.10 Å². The first kappa shape index (κ1) is 18.1. The van der Waals surface area contributed by atoms with E-state index in [4.69, 9.17) is 13.9 Å². The quantitative estimate of drug-likeness (QED) is 0.449. The van der Waals surface area contributed by atoms with Crippen molar-refractivity contribution in [1.29, 1.82) is 0 Å². The highest BCUT2D eigenvalue weighted by molar-refractivity contribution is 6.35. The van der Waals surface area contributed by atoms with Gasteiger partial charge in [-0.05, 0) is 42.8 Å². The Bertz CT molecular complexity index is 741. The van der Waals surface area contributed by atoms with Gasteiger partial charge in [0.25, 0.3) is 0 Å². The smallest absolute Gasteiger partial charge is 0.329 e. The van der Waals surface area contributed by atoms with Crippen LogP contribution in [0.3, 0.4) is 0 Å². The highest BCUT2D eigenvalue weighted by Crippen LogP contribution is 2.27. The van der Waals surface area contributed by atoms with Gasteiger partial charge >= 0.3 is 11.8 Å². The maximum Gasteiger partial charge on any atom is 0.329 e. The van der Waals surface area contributed by atoms with Crippen LogP contribution < -0.4 is 20.2 Å². The molecule has 0 aliphatic heterocycles. The Morgan fingerprint density at radius 2 is 2.08 bits per heavy atom. The average Bonchev–Trinajstić information content (AvgIpc) is 3.14. The van der Waals surface area contributed by atoms with Crippen molar-refractivity contribution in [2.45, 2.75) is 13.5 Å². The van der Waals surface area contributed by atoms with Gasteiger partial charge in [0.2, 0.25) is 0 Å². The number of methoxy groups -OCH3 is 1. The number of hydrogen-bond acceptors (Lipinski definition) is 6. The van der Waals surface area contributed by atoms with Crippen molar-refractivity contribution in [1.82, 2.24) is 10.7 Å². The molecule has 1 heterocycles. The van der Waals surface area contributed by atoms with Crippen molar-refractivity contribution in [3.63, 3.8) is 0 Å². The van der Waals surface area contributed by atoms with Crippen molar-refractivity contribution >= 4 is 18.0 Å². The SMILES string of the molecule is CCOc1ccc(/C=N\NC(=O)C(=O)NCc2ccco2)cc1OC. The molecule has 0 saturated carbocycles. The van der Waals surface area contributed by atoms with Gasteiger partial charge < -0.3 is 19.2 Å². The fraction of sp³-hybridized carbons (Fsp3) is 0.235. The van der Waals surface area contributed by atoms with Crippen molar-refractivity contribution in [3.8, 4) is 11.5 Å². The average molecular weight is 345 g/mol. The highest BCUT2D eigenvalue weighted by atomic mass is 16.5. The molecule has 2 N–H and O–H groups in total. The van der Waals surface area contributed by atoms with Gasteiger partial charge in [0.1, 0.15) is 5.76 Å². The highest BCUT2D eigenvalue weighted by Gasteiger charge is 2.12. The molecule has 25 heavy (non-hydrogen) atoms. The number of carbonyl (C=O) groups is 2. The summed E-state index contributed by atoms with van der Waals surface area (Å²) in [5.74, 6) is 0.0291. The largest absolute Gasteiger partial charge is 0.493 e. The van der Waals surface area contributed by atoms with Crippen molar-refractivity contribution < 1.29 is 23.5 Å². The van der Waals surface area contributed by atoms with Crippen LogP contribution in [0.15, 0.2) is 46.1 Å². The number of amides is 2. The molecule has 0 radical (unpaired) electrons. The van der Waals surface area contributed by atoms with Crippen LogP contribution in [-0.2, 0) is 16.1 Å². The molecule has 0 atom stereocenters. The number of hydrazone groups is 1. The monoisotopic (exact) mass is 345 g/mol. The van der Waals surface area contributed by atoms with Crippen LogP contribution in [0.25, 0.3) is 0 Å². The minimum atomic E-state index is -0.874. The van der Waals surface area contributed by atoms with Crippen LogP contribution in [0.4, 0.5) is 0 Å². The maximum absolute atomic E-state index is 11.6. The van der Waals surface area contributed by atoms with Gasteiger partial charge in [-0.3, -0.25) is 9.59 Å². The Balaban J connectivity index is 1.86. The number of benzene rings is 1. The minimum Gasteiger partial charge on any atom is -0.493 e. The summed E-state index contributed by atoms with van der Waals surface area (Å²) < 4.78 is 15.7. The molecule has 0 aliphatic rings. The molecule has 2 amide bonds. The number of furan rings is 1. The summed E-state index contributed by atoms with van der Waals surface area (Å²) in [4.78, 5) is 23.3. The van der Waals surface area contributed by atoms with E-state index >= 15 is 0 Å². The van der Waals surface area contributed by atoms with E-state index < -0.39 is 11.8 Å². The van der Waals surface area contributed by atoms with E-state index in [0.29, 0.717) is 29.4 Å². The summed E-state index contributed by atoms with van der Waals surface area (Å²) in [6.07, 6.45) is 2.88. The van der Waals surface area contributed by atoms with E-state index in [9.17, 15) is 9.59 Å². The van der Waals surface area contributed by atoms with Crippen LogP contribution in [-0.4, -0.2) is 31.7 Å². The summed E-state index contributed by atoms with van der Waals surface area (Å²) in [6.45, 7) is 2.52. The number of ether oxygens (including phenoxy) is 2. The number of carbonyl (C=O) groups excluding carboxylic acids is 2. The van der Waals surface area contributed by atoms with Crippen LogP contribution in [0.1, 0.15) is 18.2 Å². The minimum absolute atomic E-state index is 0.124. The fourth-order valence-corrected chi connectivity index (χ4v) is 1.92. The lowest BCUT2D eigenvalue weighted by atomic mass is 10.2. The zero-order valence-electron chi connectivity index (χ0n) is 13.9. The number of nitrogens with one attached hydrogen (secondary N) is 2. The van der Waals surface area contributed by atoms with Crippen LogP contribution in [0.2, 0.25) is 0 Å². The van der Waals surface area contributed by atoms with Gasteiger partial charge in [-0.15, -0.1) is 0 Å². The molecule has 0 bridgehead atoms. The van der Waals surface area contributed by atoms with E-state index in [1.165, 1.54) is 19.6 Å². The van der Waals surface area contributed by atoms with Crippen molar-refractivity contribution in [2.75, 3.05) is 13.7 Å². The lowest BCUT2D eigenvalue weighted by Crippen LogP contribution is -2.37. The van der Waals surface area contributed by atoms with Gasteiger partial charge in [0, 0.05) is 0 Å². The number of nitrogens with zero attached hydrogens (tertiary/aromatic N) is 1. The first-order chi connectivity index (χ1) is 12.1. The van der Waals surface area contributed by atoms with Crippen LogP contribution >= 0.6 is 0 Å². The molecule has 1 aromatic carbocycles. The molecule has 0 spiro atoms. The van der Waals surface area contributed by atoms with E-state index in [1.54, 1.807) is 30.3 Å². The normalized spacial score (nSPS) is 10.5. The van der Waals surface area contributed by atoms with Crippen LogP contribution in [0, 0.1) is 0 Å². The molecule has 8 heteroatoms. The van der Waals surface area contributed by atoms with E-state index in [0.717, 1.165) is 0 Å². The molecular formula is C17H19N3O5. The molecule has 0 fully saturated rings. The van der Waals surface area contributed by atoms with E-state index in [-0.39, 0.29) is 6.54 Å². The second-order valence-corrected chi connectivity index (χ2v) is 4.80. The lowest BCUT2D eigenvalue weighted by Gasteiger charge is -2.09. The Labute approximate surface area is 144 Å². The summed E-state index contributed by atoms with van der Waals surface area (Å²) in [5.41, 5.74) is 2.83. The zero-order chi connectivity index (χ0) is 18.1. The molecule has 2 aromatic rings. The number of hydrogen-bond donors (Lipinski definition) is 2. The third-order valence-corrected chi connectivity index (χ3v) is 3.08. The lowest BCUT2D eigenvalue weighted by molar-refractivity contribution is -0.139. The molecule has 2 rings (SSSR count). The molecule has 0 unspecified atom stereocenters. The second-order valence-electron chi connectivity index (χ2n) is 4.80. The van der Waals surface area contributed by atoms with Crippen molar-refractivity contribution in [2.24, 2.45) is 5.10 Å². The Kier molecular flexibility index (Phi) is 6.58. The third kappa shape index (κ3) is 5.38. The number of rotatable bonds is 7. The topological polar surface area (TPSA) is 102 Å². The standard InChI is InChI=1S/C17H19N3O5/c1-3-24-14-7-6-12(9-15(14)23-2)10-19-20-17(22)16(21)18-11-13-5-4-8-25-13/h4-10H,3,11H2,1-2H3,(H,18,21)(H,20,22)/b19-10-. The first-order valence-corrected chi connectivity index (χ1v) is 7.58. The fourth-order valence-electron chi connectivity index (χ4n) is 1.92.